The van der Waals surface area contributed by atoms with Gasteiger partial charge < -0.3 is 4.90 Å². The Hall–Kier alpha value is -2.24. The molecule has 0 aliphatic heterocycles. The predicted molar refractivity (Wildman–Crippen MR) is 129 cm³/mol. The molecule has 4 nitrogen and oxygen atoms in total. The van der Waals surface area contributed by atoms with Crippen LogP contribution in [0.15, 0.2) is 30.3 Å². The zero-order valence-electron chi connectivity index (χ0n) is 19.1. The van der Waals surface area contributed by atoms with Crippen LogP contribution >= 0.6 is 11.3 Å². The number of hydrogen-bond acceptors (Lipinski definition) is 4. The topological polar surface area (TPSA) is 36.4 Å². The van der Waals surface area contributed by atoms with Crippen molar-refractivity contribution in [2.75, 3.05) is 31.1 Å². The van der Waals surface area contributed by atoms with E-state index in [1.807, 2.05) is 4.90 Å². The van der Waals surface area contributed by atoms with E-state index in [1.54, 1.807) is 11.3 Å². The molecular weight excluding hydrogens is 390 g/mol. The maximum absolute atomic E-state index is 13.4. The molecule has 0 fully saturated rings. The summed E-state index contributed by atoms with van der Waals surface area (Å²) in [6, 6.07) is 10.5. The molecule has 0 saturated heterocycles. The minimum Gasteiger partial charge on any atom is -0.302 e. The molecule has 0 unspecified atom stereocenters. The quantitative estimate of drug-likeness (QED) is 0.483. The van der Waals surface area contributed by atoms with Gasteiger partial charge in [0.1, 0.15) is 0 Å². The molecule has 0 bridgehead atoms. The van der Waals surface area contributed by atoms with Crippen LogP contribution in [-0.4, -0.2) is 42.0 Å². The summed E-state index contributed by atoms with van der Waals surface area (Å²) in [4.78, 5) is 22.6. The van der Waals surface area contributed by atoms with Gasteiger partial charge in [0.25, 0.3) is 0 Å². The van der Waals surface area contributed by atoms with Gasteiger partial charge in [-0.1, -0.05) is 55.5 Å². The zero-order valence-corrected chi connectivity index (χ0v) is 19.9. The summed E-state index contributed by atoms with van der Waals surface area (Å²) in [6.07, 6.45) is 0.396. The van der Waals surface area contributed by atoms with Crippen molar-refractivity contribution in [1.82, 2.24) is 9.88 Å². The number of carbonyl (C=O) groups excluding carboxylic acids is 1. The van der Waals surface area contributed by atoms with Crippen molar-refractivity contribution in [1.29, 1.82) is 0 Å². The number of nitrogens with zero attached hydrogens (tertiary/aromatic N) is 3. The van der Waals surface area contributed by atoms with Gasteiger partial charge in [-0.25, -0.2) is 4.98 Å². The second kappa shape index (κ2) is 9.71. The molecule has 2 aromatic carbocycles. The van der Waals surface area contributed by atoms with E-state index < -0.39 is 0 Å². The lowest BCUT2D eigenvalue weighted by molar-refractivity contribution is -0.118. The van der Waals surface area contributed by atoms with Gasteiger partial charge in [0, 0.05) is 13.1 Å². The average Bonchev–Trinajstić information content (AvgIpc) is 3.17. The first-order chi connectivity index (χ1) is 14.3. The first-order valence-corrected chi connectivity index (χ1v) is 11.6. The normalized spacial score (nSPS) is 11.4. The molecule has 0 radical (unpaired) electrons. The Kier molecular flexibility index (Phi) is 7.27. The van der Waals surface area contributed by atoms with Crippen molar-refractivity contribution in [2.24, 2.45) is 0 Å². The highest BCUT2D eigenvalue weighted by Gasteiger charge is 2.22. The Bertz CT molecular complexity index is 997. The van der Waals surface area contributed by atoms with Crippen molar-refractivity contribution < 1.29 is 4.79 Å². The minimum atomic E-state index is 0.111. The number of rotatable bonds is 8. The number of amides is 1. The fourth-order valence-corrected chi connectivity index (χ4v) is 4.81. The molecule has 0 N–H and O–H groups in total. The lowest BCUT2D eigenvalue weighted by atomic mass is 10.0. The molecule has 1 heterocycles. The summed E-state index contributed by atoms with van der Waals surface area (Å²) in [5.74, 6) is 0.111. The first kappa shape index (κ1) is 22.4. The summed E-state index contributed by atoms with van der Waals surface area (Å²) in [5, 5.41) is 0.809. The summed E-state index contributed by atoms with van der Waals surface area (Å²) in [6.45, 7) is 16.2. The number of likely N-dealkylation sites (N-methyl/N-ethyl adjacent to an activating group) is 1. The second-order valence-electron chi connectivity index (χ2n) is 8.04. The number of thiazole rings is 1. The van der Waals surface area contributed by atoms with Crippen LogP contribution in [0.5, 0.6) is 0 Å². The molecule has 5 heteroatoms. The Labute approximate surface area is 184 Å². The molecule has 0 saturated carbocycles. The van der Waals surface area contributed by atoms with E-state index in [9.17, 15) is 4.79 Å². The number of carbonyl (C=O) groups is 1. The molecule has 1 aromatic heterocycles. The third kappa shape index (κ3) is 4.90. The summed E-state index contributed by atoms with van der Waals surface area (Å²) < 4.78 is 1.18. The monoisotopic (exact) mass is 423 g/mol. The lowest BCUT2D eigenvalue weighted by Crippen LogP contribution is -2.39. The van der Waals surface area contributed by atoms with Crippen LogP contribution in [-0.2, 0) is 11.2 Å². The standard InChI is InChI=1S/C25H33N3OS/c1-7-27(8-2)13-14-28(22(29)16-21-12-11-17(3)20(6)15-21)25-26-23-18(4)9-10-19(5)24(23)30-25/h9-12,15H,7-8,13-14,16H2,1-6H3. The number of hydrogen-bond donors (Lipinski definition) is 0. The highest BCUT2D eigenvalue weighted by molar-refractivity contribution is 7.22. The Balaban J connectivity index is 1.93. The van der Waals surface area contributed by atoms with Gasteiger partial charge in [0.2, 0.25) is 5.91 Å². The highest BCUT2D eigenvalue weighted by Crippen LogP contribution is 2.33. The van der Waals surface area contributed by atoms with Crippen LogP contribution in [0.1, 0.15) is 41.7 Å². The van der Waals surface area contributed by atoms with E-state index in [0.29, 0.717) is 13.0 Å². The van der Waals surface area contributed by atoms with Crippen LogP contribution in [0.3, 0.4) is 0 Å². The molecule has 160 valence electrons. The molecule has 0 spiro atoms. The van der Waals surface area contributed by atoms with E-state index in [2.05, 4.69) is 76.8 Å². The van der Waals surface area contributed by atoms with Crippen molar-refractivity contribution >= 4 is 32.6 Å². The van der Waals surface area contributed by atoms with Crippen LogP contribution in [0.25, 0.3) is 10.2 Å². The number of aromatic nitrogens is 1. The summed E-state index contributed by atoms with van der Waals surface area (Å²) >= 11 is 1.63. The van der Waals surface area contributed by atoms with Gasteiger partial charge in [-0.05, 0) is 68.6 Å². The number of benzene rings is 2. The minimum absolute atomic E-state index is 0.111. The fraction of sp³-hybridized carbons (Fsp3) is 0.440. The van der Waals surface area contributed by atoms with E-state index in [4.69, 9.17) is 4.98 Å². The van der Waals surface area contributed by atoms with Crippen LogP contribution in [0.4, 0.5) is 5.13 Å². The van der Waals surface area contributed by atoms with Crippen molar-refractivity contribution in [2.45, 2.75) is 48.0 Å². The Morgan fingerprint density at radius 2 is 1.57 bits per heavy atom. The Morgan fingerprint density at radius 3 is 2.20 bits per heavy atom. The molecule has 3 aromatic rings. The van der Waals surface area contributed by atoms with Crippen LogP contribution in [0.2, 0.25) is 0 Å². The van der Waals surface area contributed by atoms with Gasteiger partial charge in [-0.3, -0.25) is 9.69 Å². The first-order valence-electron chi connectivity index (χ1n) is 10.8. The van der Waals surface area contributed by atoms with Crippen molar-refractivity contribution in [3.8, 4) is 0 Å². The van der Waals surface area contributed by atoms with E-state index >= 15 is 0 Å². The predicted octanol–water partition coefficient (Wildman–Crippen LogP) is 5.45. The molecule has 0 aliphatic carbocycles. The third-order valence-electron chi connectivity index (χ3n) is 5.92. The van der Waals surface area contributed by atoms with E-state index in [-0.39, 0.29) is 5.91 Å². The smallest absolute Gasteiger partial charge is 0.233 e. The van der Waals surface area contributed by atoms with Crippen LogP contribution < -0.4 is 4.90 Å². The number of aryl methyl sites for hydroxylation is 4. The van der Waals surface area contributed by atoms with Gasteiger partial charge in [-0.2, -0.15) is 0 Å². The molecular formula is C25H33N3OS. The number of anilines is 1. The third-order valence-corrected chi connectivity index (χ3v) is 7.14. The zero-order chi connectivity index (χ0) is 21.8. The number of fused-ring (bicyclic) bond motifs is 1. The molecule has 0 aliphatic rings. The van der Waals surface area contributed by atoms with Gasteiger partial charge in [0.15, 0.2) is 5.13 Å². The maximum Gasteiger partial charge on any atom is 0.233 e. The van der Waals surface area contributed by atoms with Crippen molar-refractivity contribution in [3.63, 3.8) is 0 Å². The molecule has 30 heavy (non-hydrogen) atoms. The molecule has 3 rings (SSSR count). The Morgan fingerprint density at radius 1 is 0.900 bits per heavy atom. The largest absolute Gasteiger partial charge is 0.302 e. The van der Waals surface area contributed by atoms with Gasteiger partial charge >= 0.3 is 0 Å². The van der Waals surface area contributed by atoms with Crippen LogP contribution in [0, 0.1) is 27.7 Å². The van der Waals surface area contributed by atoms with Crippen molar-refractivity contribution in [3.05, 3.63) is 58.1 Å². The van der Waals surface area contributed by atoms with Gasteiger partial charge in [0.05, 0.1) is 16.6 Å². The highest BCUT2D eigenvalue weighted by atomic mass is 32.1. The maximum atomic E-state index is 13.4. The van der Waals surface area contributed by atoms with Gasteiger partial charge in [-0.15, -0.1) is 0 Å². The lowest BCUT2D eigenvalue weighted by Gasteiger charge is -2.25. The van der Waals surface area contributed by atoms with E-state index in [0.717, 1.165) is 41.4 Å². The second-order valence-corrected chi connectivity index (χ2v) is 9.02. The molecule has 0 atom stereocenters. The average molecular weight is 424 g/mol. The fourth-order valence-electron chi connectivity index (χ4n) is 3.66. The summed E-state index contributed by atoms with van der Waals surface area (Å²) in [5.41, 5.74) is 6.92. The van der Waals surface area contributed by atoms with E-state index in [1.165, 1.54) is 21.4 Å². The SMILES string of the molecule is CCN(CC)CCN(C(=O)Cc1ccc(C)c(C)c1)c1nc2c(C)ccc(C)c2s1. The molecule has 1 amide bonds. The summed E-state index contributed by atoms with van der Waals surface area (Å²) in [7, 11) is 0.